The molecular formula is C47H31N3OS. The molecule has 52 heavy (non-hydrogen) atoms. The molecule has 246 valence electrons. The zero-order valence-electron chi connectivity index (χ0n) is 28.4. The monoisotopic (exact) mass is 685 g/mol. The van der Waals surface area contributed by atoms with Crippen LogP contribution in [0.3, 0.4) is 0 Å². The predicted molar refractivity (Wildman–Crippen MR) is 218 cm³/mol. The molecule has 0 spiro atoms. The van der Waals surface area contributed by atoms with E-state index in [1.807, 2.05) is 17.4 Å². The third kappa shape index (κ3) is 4.26. The second-order valence-corrected chi connectivity index (χ2v) is 14.7. The summed E-state index contributed by atoms with van der Waals surface area (Å²) in [5.41, 5.74) is 6.42. The average molecular weight is 686 g/mol. The molecule has 0 fully saturated rings. The lowest BCUT2D eigenvalue weighted by Gasteiger charge is -2.17. The van der Waals surface area contributed by atoms with Crippen LogP contribution < -0.4 is 4.74 Å². The van der Waals surface area contributed by atoms with Crippen LogP contribution in [0.1, 0.15) is 22.4 Å². The van der Waals surface area contributed by atoms with Crippen molar-refractivity contribution >= 4 is 81.6 Å². The Hall–Kier alpha value is -6.30. The van der Waals surface area contributed by atoms with Crippen molar-refractivity contribution in [2.24, 2.45) is 0 Å². The van der Waals surface area contributed by atoms with E-state index in [-0.39, 0.29) is 0 Å². The van der Waals surface area contributed by atoms with Crippen LogP contribution in [0.25, 0.3) is 87.5 Å². The zero-order valence-corrected chi connectivity index (χ0v) is 29.2. The van der Waals surface area contributed by atoms with Crippen molar-refractivity contribution < 1.29 is 4.74 Å². The minimum Gasteiger partial charge on any atom is -0.438 e. The van der Waals surface area contributed by atoms with Crippen molar-refractivity contribution in [3.8, 4) is 28.8 Å². The first-order valence-electron chi connectivity index (χ1n) is 17.8. The highest BCUT2D eigenvalue weighted by Gasteiger charge is 2.26. The van der Waals surface area contributed by atoms with Gasteiger partial charge in [-0.2, -0.15) is 4.98 Å². The molecule has 7 aromatic carbocycles. The maximum absolute atomic E-state index is 7.01. The van der Waals surface area contributed by atoms with Gasteiger partial charge in [0.25, 0.3) is 0 Å². The van der Waals surface area contributed by atoms with Gasteiger partial charge in [-0.25, -0.2) is 4.98 Å². The summed E-state index contributed by atoms with van der Waals surface area (Å²) >= 11 is 1.89. The number of allylic oxidation sites excluding steroid dienone is 1. The van der Waals surface area contributed by atoms with Crippen molar-refractivity contribution in [2.75, 3.05) is 0 Å². The van der Waals surface area contributed by atoms with Crippen molar-refractivity contribution in [3.63, 3.8) is 0 Å². The molecule has 0 amide bonds. The first kappa shape index (κ1) is 29.4. The largest absolute Gasteiger partial charge is 0.438 e. The molecule has 3 aromatic heterocycles. The number of benzene rings is 7. The quantitative estimate of drug-likeness (QED) is 0.173. The number of hydrogen-bond donors (Lipinski definition) is 0. The van der Waals surface area contributed by atoms with Crippen LogP contribution in [0, 0.1) is 6.92 Å². The lowest BCUT2D eigenvalue weighted by molar-refractivity contribution is 0.462. The Morgan fingerprint density at radius 3 is 2.15 bits per heavy atom. The van der Waals surface area contributed by atoms with Gasteiger partial charge < -0.3 is 4.74 Å². The summed E-state index contributed by atoms with van der Waals surface area (Å²) in [6, 6.07) is 47.1. The van der Waals surface area contributed by atoms with Crippen LogP contribution >= 0.6 is 11.3 Å². The summed E-state index contributed by atoms with van der Waals surface area (Å²) in [7, 11) is 0. The maximum atomic E-state index is 7.01. The number of fused-ring (bicyclic) bond motifs is 13. The van der Waals surface area contributed by atoms with E-state index in [4.69, 9.17) is 14.7 Å². The summed E-state index contributed by atoms with van der Waals surface area (Å²) in [6.45, 7) is 2.07. The lowest BCUT2D eigenvalue weighted by atomic mass is 9.94. The Morgan fingerprint density at radius 1 is 0.654 bits per heavy atom. The van der Waals surface area contributed by atoms with Gasteiger partial charge in [0.05, 0.1) is 21.4 Å². The molecule has 1 aliphatic rings. The van der Waals surface area contributed by atoms with E-state index in [1.54, 1.807) is 0 Å². The fourth-order valence-electron chi connectivity index (χ4n) is 8.36. The summed E-state index contributed by atoms with van der Waals surface area (Å²) in [6.07, 6.45) is 6.72. The zero-order chi connectivity index (χ0) is 34.3. The third-order valence-electron chi connectivity index (χ3n) is 10.7. The van der Waals surface area contributed by atoms with Crippen LogP contribution in [0.15, 0.2) is 140 Å². The molecule has 11 rings (SSSR count). The predicted octanol–water partition coefficient (Wildman–Crippen LogP) is 13.0. The van der Waals surface area contributed by atoms with E-state index in [9.17, 15) is 0 Å². The van der Waals surface area contributed by atoms with Crippen LogP contribution in [0.5, 0.6) is 11.6 Å². The van der Waals surface area contributed by atoms with Gasteiger partial charge in [0.2, 0.25) is 11.8 Å². The Balaban J connectivity index is 1.26. The van der Waals surface area contributed by atoms with Crippen molar-refractivity contribution in [3.05, 3.63) is 156 Å². The van der Waals surface area contributed by atoms with E-state index in [0.29, 0.717) is 11.8 Å². The van der Waals surface area contributed by atoms with Crippen LogP contribution in [0.4, 0.5) is 0 Å². The normalized spacial score (nSPS) is 12.9. The van der Waals surface area contributed by atoms with Crippen LogP contribution in [-0.2, 0) is 6.42 Å². The summed E-state index contributed by atoms with van der Waals surface area (Å²) in [5.74, 6) is 1.91. The minimum absolute atomic E-state index is 0.542. The van der Waals surface area contributed by atoms with E-state index in [2.05, 4.69) is 151 Å². The molecule has 0 radical (unpaired) electrons. The fraction of sp³-hybridized carbons (Fsp3) is 0.0638. The molecular weight excluding hydrogens is 655 g/mol. The standard InChI is InChI=1S/C47H31N3OS/c1-28-43(29-15-3-2-4-16-29)48-47(49-46(28)51-39-27-30-17-5-6-18-31(30)32-19-7-8-20-33(32)39)50-38-25-13-11-23-36(38)41-34-21-9-10-22-35(34)42-37-24-12-14-26-40(37)52-45(42)44(41)50/h2-11,13-23,25-27H,12,24H2,1H3. The Morgan fingerprint density at radius 2 is 1.33 bits per heavy atom. The van der Waals surface area contributed by atoms with Gasteiger partial charge in [0.15, 0.2) is 0 Å². The van der Waals surface area contributed by atoms with Gasteiger partial charge in [-0.1, -0.05) is 127 Å². The number of ether oxygens (including phenoxy) is 1. The lowest BCUT2D eigenvalue weighted by Crippen LogP contribution is -2.06. The van der Waals surface area contributed by atoms with E-state index < -0.39 is 0 Å². The molecule has 3 heterocycles. The highest BCUT2D eigenvalue weighted by Crippen LogP contribution is 2.48. The van der Waals surface area contributed by atoms with Gasteiger partial charge in [0.1, 0.15) is 5.75 Å². The average Bonchev–Trinajstić information content (AvgIpc) is 3.76. The molecule has 0 unspecified atom stereocenters. The molecule has 5 heteroatoms. The number of aromatic nitrogens is 3. The Bertz CT molecular complexity index is 3120. The second kappa shape index (κ2) is 11.4. The van der Waals surface area contributed by atoms with Gasteiger partial charge in [-0.05, 0) is 70.5 Å². The van der Waals surface area contributed by atoms with Crippen LogP contribution in [-0.4, -0.2) is 14.5 Å². The molecule has 1 aliphatic carbocycles. The molecule has 0 saturated carbocycles. The smallest absolute Gasteiger partial charge is 0.238 e. The van der Waals surface area contributed by atoms with E-state index >= 15 is 0 Å². The third-order valence-corrected chi connectivity index (χ3v) is 11.9. The minimum atomic E-state index is 0.542. The summed E-state index contributed by atoms with van der Waals surface area (Å²) in [4.78, 5) is 12.1. The molecule has 0 bridgehead atoms. The number of thiophene rings is 1. The molecule has 0 atom stereocenters. The second-order valence-electron chi connectivity index (χ2n) is 13.6. The van der Waals surface area contributed by atoms with Gasteiger partial charge in [-0.3, -0.25) is 4.57 Å². The maximum Gasteiger partial charge on any atom is 0.238 e. The van der Waals surface area contributed by atoms with Crippen molar-refractivity contribution in [1.82, 2.24) is 14.5 Å². The Labute approximate surface area is 303 Å². The number of nitrogens with zero attached hydrogens (tertiary/aromatic N) is 3. The number of para-hydroxylation sites is 1. The number of aryl methyl sites for hydroxylation is 1. The molecule has 0 saturated heterocycles. The molecule has 0 N–H and O–H groups in total. The molecule has 4 nitrogen and oxygen atoms in total. The van der Waals surface area contributed by atoms with Crippen molar-refractivity contribution in [2.45, 2.75) is 19.8 Å². The highest BCUT2D eigenvalue weighted by molar-refractivity contribution is 7.21. The van der Waals surface area contributed by atoms with Gasteiger partial charge in [-0.15, -0.1) is 11.3 Å². The first-order chi connectivity index (χ1) is 25.7. The van der Waals surface area contributed by atoms with Gasteiger partial charge in [0, 0.05) is 37.5 Å². The van der Waals surface area contributed by atoms with Gasteiger partial charge >= 0.3 is 0 Å². The molecule has 0 aliphatic heterocycles. The van der Waals surface area contributed by atoms with E-state index in [0.717, 1.165) is 62.6 Å². The highest BCUT2D eigenvalue weighted by atomic mass is 32.1. The summed E-state index contributed by atoms with van der Waals surface area (Å²) in [5, 5.41) is 10.9. The summed E-state index contributed by atoms with van der Waals surface area (Å²) < 4.78 is 10.6. The van der Waals surface area contributed by atoms with E-state index in [1.165, 1.54) is 47.5 Å². The molecule has 10 aromatic rings. The topological polar surface area (TPSA) is 39.9 Å². The van der Waals surface area contributed by atoms with Crippen LogP contribution in [0.2, 0.25) is 0 Å². The van der Waals surface area contributed by atoms with Crippen molar-refractivity contribution in [1.29, 1.82) is 0 Å². The SMILES string of the molecule is Cc1c(Oc2cc3ccccc3c3ccccc23)nc(-n2c3ccccc3c3c4ccccc4c4c5c(sc4c32)C=CCC5)nc1-c1ccccc1. The number of rotatable bonds is 4. The Kier molecular flexibility index (Phi) is 6.43. The first-order valence-corrected chi connectivity index (χ1v) is 18.6. The fourth-order valence-corrected chi connectivity index (χ4v) is 9.70. The number of hydrogen-bond acceptors (Lipinski definition) is 4.